The van der Waals surface area contributed by atoms with Gasteiger partial charge in [0.25, 0.3) is 5.91 Å². The van der Waals surface area contributed by atoms with Crippen molar-refractivity contribution in [2.45, 2.75) is 19.9 Å². The highest BCUT2D eigenvalue weighted by atomic mass is 127. The minimum absolute atomic E-state index is 0. The van der Waals surface area contributed by atoms with Crippen molar-refractivity contribution in [1.29, 1.82) is 0 Å². The second-order valence-electron chi connectivity index (χ2n) is 5.98. The number of nitrogens with zero attached hydrogens (tertiary/aromatic N) is 3. The van der Waals surface area contributed by atoms with Crippen molar-refractivity contribution >= 4 is 35.8 Å². The number of hydrogen-bond donors (Lipinski definition) is 2. The van der Waals surface area contributed by atoms with Crippen molar-refractivity contribution in [2.24, 2.45) is 12.0 Å². The van der Waals surface area contributed by atoms with Crippen LogP contribution in [0.5, 0.6) is 0 Å². The molecule has 0 spiro atoms. The zero-order valence-corrected chi connectivity index (χ0v) is 18.1. The number of nitrogens with one attached hydrogen (secondary N) is 2. The maximum absolute atomic E-state index is 11.9. The number of guanidine groups is 1. The lowest BCUT2D eigenvalue weighted by Crippen LogP contribution is -2.40. The van der Waals surface area contributed by atoms with E-state index in [9.17, 15) is 4.79 Å². The third-order valence-corrected chi connectivity index (χ3v) is 4.01. The topological polar surface area (TPSA) is 74.8 Å². The zero-order chi connectivity index (χ0) is 18.2. The van der Waals surface area contributed by atoms with E-state index in [0.717, 1.165) is 31.0 Å². The number of carbonyl (C=O) groups excluding carboxylic acids is 1. The fourth-order valence-corrected chi connectivity index (χ4v) is 2.54. The van der Waals surface area contributed by atoms with Crippen LogP contribution in [0.2, 0.25) is 0 Å². The molecule has 7 nitrogen and oxygen atoms in total. The fraction of sp³-hybridized carbons (Fsp3) is 0.444. The monoisotopic (exact) mass is 473 g/mol. The van der Waals surface area contributed by atoms with Gasteiger partial charge in [0.15, 0.2) is 11.7 Å². The van der Waals surface area contributed by atoms with Gasteiger partial charge in [0.1, 0.15) is 0 Å². The Labute approximate surface area is 171 Å². The van der Waals surface area contributed by atoms with Gasteiger partial charge in [-0.2, -0.15) is 0 Å². The minimum Gasteiger partial charge on any atom is -0.459 e. The Morgan fingerprint density at radius 1 is 1.31 bits per heavy atom. The Morgan fingerprint density at radius 2 is 2.04 bits per heavy atom. The van der Waals surface area contributed by atoms with Gasteiger partial charge in [-0.3, -0.25) is 9.79 Å². The Balaban J connectivity index is 0.00000338. The summed E-state index contributed by atoms with van der Waals surface area (Å²) in [5, 5.41) is 6.17. The Bertz CT molecular complexity index is 723. The largest absolute Gasteiger partial charge is 0.459 e. The molecule has 0 atom stereocenters. The second kappa shape index (κ2) is 10.9. The molecule has 144 valence electrons. The highest BCUT2D eigenvalue weighted by Gasteiger charge is 2.12. The van der Waals surface area contributed by atoms with Crippen molar-refractivity contribution in [2.75, 3.05) is 27.2 Å². The average molecular weight is 473 g/mol. The molecule has 0 bridgehead atoms. The molecule has 2 heterocycles. The molecule has 1 amide bonds. The fourth-order valence-electron chi connectivity index (χ4n) is 2.54. The molecule has 0 aliphatic heterocycles. The van der Waals surface area contributed by atoms with Crippen molar-refractivity contribution in [3.05, 3.63) is 47.7 Å². The van der Waals surface area contributed by atoms with E-state index >= 15 is 0 Å². The molecule has 0 fully saturated rings. The molecule has 26 heavy (non-hydrogen) atoms. The predicted octanol–water partition coefficient (Wildman–Crippen LogP) is 2.37. The van der Waals surface area contributed by atoms with Crippen LogP contribution in [-0.2, 0) is 13.6 Å². The molecule has 0 saturated heterocycles. The highest BCUT2D eigenvalue weighted by Crippen LogP contribution is 2.08. The van der Waals surface area contributed by atoms with Crippen LogP contribution < -0.4 is 10.6 Å². The van der Waals surface area contributed by atoms with Crippen LogP contribution >= 0.6 is 24.0 Å². The molecule has 2 N–H and O–H groups in total. The summed E-state index contributed by atoms with van der Waals surface area (Å²) >= 11 is 0. The second-order valence-corrected chi connectivity index (χ2v) is 5.98. The van der Waals surface area contributed by atoms with Crippen LogP contribution in [0.3, 0.4) is 0 Å². The molecule has 0 unspecified atom stereocenters. The highest BCUT2D eigenvalue weighted by molar-refractivity contribution is 14.0. The maximum Gasteiger partial charge on any atom is 0.287 e. The van der Waals surface area contributed by atoms with E-state index in [4.69, 9.17) is 4.42 Å². The lowest BCUT2D eigenvalue weighted by atomic mass is 10.2. The Kier molecular flexibility index (Phi) is 9.25. The van der Waals surface area contributed by atoms with Gasteiger partial charge in [0.2, 0.25) is 0 Å². The van der Waals surface area contributed by atoms with E-state index in [0.29, 0.717) is 12.3 Å². The summed E-state index contributed by atoms with van der Waals surface area (Å²) in [4.78, 5) is 18.3. The molecule has 0 saturated carbocycles. The molecule has 2 aromatic heterocycles. The van der Waals surface area contributed by atoms with Gasteiger partial charge in [0, 0.05) is 51.7 Å². The molecular formula is C18H28IN5O2. The lowest BCUT2D eigenvalue weighted by Gasteiger charge is -2.22. The SMILES string of the molecule is CN=C(NCCCNC(=O)c1occc1C)N(C)Cc1cccn1C.I. The number of furan rings is 1. The number of aryl methyl sites for hydroxylation is 2. The first-order valence-electron chi connectivity index (χ1n) is 8.37. The molecule has 2 aromatic rings. The molecular weight excluding hydrogens is 445 g/mol. The third kappa shape index (κ3) is 6.08. The maximum atomic E-state index is 11.9. The number of rotatable bonds is 7. The van der Waals surface area contributed by atoms with E-state index in [2.05, 4.69) is 31.2 Å². The summed E-state index contributed by atoms with van der Waals surface area (Å²) in [5.74, 6) is 1.04. The third-order valence-electron chi connectivity index (χ3n) is 4.01. The number of halogens is 1. The average Bonchev–Trinajstić information content (AvgIpc) is 3.19. The number of hydrogen-bond acceptors (Lipinski definition) is 3. The molecule has 0 aliphatic rings. The van der Waals surface area contributed by atoms with Crippen LogP contribution in [0.15, 0.2) is 40.1 Å². The molecule has 2 rings (SSSR count). The van der Waals surface area contributed by atoms with E-state index < -0.39 is 0 Å². The molecule has 0 aromatic carbocycles. The first kappa shape index (κ1) is 22.1. The lowest BCUT2D eigenvalue weighted by molar-refractivity contribution is 0.0925. The number of aliphatic imine (C=N–C) groups is 1. The number of carbonyl (C=O) groups is 1. The van der Waals surface area contributed by atoms with Gasteiger partial charge >= 0.3 is 0 Å². The van der Waals surface area contributed by atoms with E-state index in [1.807, 2.05) is 33.3 Å². The first-order valence-corrected chi connectivity index (χ1v) is 8.37. The Morgan fingerprint density at radius 3 is 2.62 bits per heavy atom. The normalized spacial score (nSPS) is 11.0. The predicted molar refractivity (Wildman–Crippen MR) is 114 cm³/mol. The van der Waals surface area contributed by atoms with Crippen LogP contribution in [0, 0.1) is 6.92 Å². The Hall–Kier alpha value is -1.97. The van der Waals surface area contributed by atoms with Gasteiger partial charge in [-0.15, -0.1) is 24.0 Å². The van der Waals surface area contributed by atoms with E-state index in [-0.39, 0.29) is 29.9 Å². The first-order chi connectivity index (χ1) is 12.0. The van der Waals surface area contributed by atoms with Crippen molar-refractivity contribution in [1.82, 2.24) is 20.1 Å². The summed E-state index contributed by atoms with van der Waals surface area (Å²) in [7, 11) is 5.80. The molecule has 8 heteroatoms. The van der Waals surface area contributed by atoms with Crippen LogP contribution in [0.4, 0.5) is 0 Å². The van der Waals surface area contributed by atoms with Gasteiger partial charge in [-0.25, -0.2) is 0 Å². The van der Waals surface area contributed by atoms with Crippen molar-refractivity contribution in [3.8, 4) is 0 Å². The minimum atomic E-state index is -0.173. The van der Waals surface area contributed by atoms with E-state index in [1.165, 1.54) is 12.0 Å². The quantitative estimate of drug-likeness (QED) is 0.280. The smallest absolute Gasteiger partial charge is 0.287 e. The summed E-state index contributed by atoms with van der Waals surface area (Å²) in [6.07, 6.45) is 4.35. The number of amides is 1. The summed E-state index contributed by atoms with van der Waals surface area (Å²) in [5.41, 5.74) is 2.06. The molecule has 0 radical (unpaired) electrons. The summed E-state index contributed by atoms with van der Waals surface area (Å²) in [6, 6.07) is 5.90. The van der Waals surface area contributed by atoms with Crippen LogP contribution in [0.25, 0.3) is 0 Å². The summed E-state index contributed by atoms with van der Waals surface area (Å²) < 4.78 is 7.27. The van der Waals surface area contributed by atoms with Gasteiger partial charge in [-0.05, 0) is 31.5 Å². The van der Waals surface area contributed by atoms with Gasteiger partial charge in [0.05, 0.1) is 12.8 Å². The van der Waals surface area contributed by atoms with Gasteiger partial charge in [-0.1, -0.05) is 0 Å². The zero-order valence-electron chi connectivity index (χ0n) is 15.8. The van der Waals surface area contributed by atoms with Crippen molar-refractivity contribution < 1.29 is 9.21 Å². The molecule has 0 aliphatic carbocycles. The van der Waals surface area contributed by atoms with Gasteiger partial charge < -0.3 is 24.5 Å². The van der Waals surface area contributed by atoms with Crippen LogP contribution in [0.1, 0.15) is 28.2 Å². The van der Waals surface area contributed by atoms with E-state index in [1.54, 1.807) is 13.1 Å². The van der Waals surface area contributed by atoms with Crippen molar-refractivity contribution in [3.63, 3.8) is 0 Å². The standard InChI is InChI=1S/C18H27N5O2.HI/c1-14-8-12-25-16(14)17(24)20-9-6-10-21-18(19-2)23(4)13-15-7-5-11-22(15)3;/h5,7-8,11-12H,6,9-10,13H2,1-4H3,(H,19,21)(H,20,24);1H. The number of aromatic nitrogens is 1. The van der Waals surface area contributed by atoms with Crippen LogP contribution in [-0.4, -0.2) is 48.5 Å². The summed E-state index contributed by atoms with van der Waals surface area (Å²) in [6.45, 7) is 3.93.